The second kappa shape index (κ2) is 13.0. The number of para-hydroxylation sites is 1. The number of hydrogen-bond acceptors (Lipinski definition) is 6. The maximum absolute atomic E-state index is 12.5. The first-order valence-electron chi connectivity index (χ1n) is 12.7. The number of methoxy groups -OCH3 is 2. The summed E-state index contributed by atoms with van der Waals surface area (Å²) in [6.07, 6.45) is 3.56. The van der Waals surface area contributed by atoms with Crippen molar-refractivity contribution in [3.8, 4) is 22.6 Å². The van der Waals surface area contributed by atoms with Crippen LogP contribution in [0.1, 0.15) is 30.9 Å². The molecular formula is C31H35NO5. The van der Waals surface area contributed by atoms with Gasteiger partial charge in [-0.15, -0.1) is 0 Å². The van der Waals surface area contributed by atoms with E-state index in [2.05, 4.69) is 48.2 Å². The monoisotopic (exact) mass is 501 g/mol. The van der Waals surface area contributed by atoms with Crippen LogP contribution in [-0.2, 0) is 20.8 Å². The molecule has 0 bridgehead atoms. The molecule has 194 valence electrons. The molecule has 0 amide bonds. The number of ether oxygens (including phenoxy) is 4. The van der Waals surface area contributed by atoms with E-state index >= 15 is 0 Å². The van der Waals surface area contributed by atoms with Crippen LogP contribution in [0.4, 0.5) is 5.69 Å². The van der Waals surface area contributed by atoms with Crippen LogP contribution >= 0.6 is 0 Å². The summed E-state index contributed by atoms with van der Waals surface area (Å²) in [5.41, 5.74) is 5.95. The number of rotatable bonds is 11. The van der Waals surface area contributed by atoms with Gasteiger partial charge in [-0.3, -0.25) is 0 Å². The summed E-state index contributed by atoms with van der Waals surface area (Å²) in [7, 11) is 3.12. The van der Waals surface area contributed by atoms with E-state index < -0.39 is 0 Å². The number of carbonyl (C=O) groups is 1. The zero-order valence-corrected chi connectivity index (χ0v) is 21.9. The molecule has 0 saturated carbocycles. The number of anilines is 1. The first kappa shape index (κ1) is 26.3. The van der Waals surface area contributed by atoms with E-state index in [1.807, 2.05) is 36.4 Å². The molecule has 0 saturated heterocycles. The Balaban J connectivity index is 1.59. The van der Waals surface area contributed by atoms with Gasteiger partial charge in [0, 0.05) is 36.5 Å². The largest absolute Gasteiger partial charge is 0.496 e. The third-order valence-electron chi connectivity index (χ3n) is 6.38. The molecule has 0 unspecified atom stereocenters. The average molecular weight is 502 g/mol. The second-order valence-corrected chi connectivity index (χ2v) is 8.90. The number of hydrogen-bond donors (Lipinski definition) is 0. The minimum absolute atomic E-state index is 0.292. The molecule has 0 aromatic heterocycles. The zero-order valence-electron chi connectivity index (χ0n) is 21.9. The molecule has 0 radical (unpaired) electrons. The fourth-order valence-corrected chi connectivity index (χ4v) is 4.48. The van der Waals surface area contributed by atoms with Crippen molar-refractivity contribution in [2.45, 2.75) is 26.3 Å². The lowest BCUT2D eigenvalue weighted by molar-refractivity contribution is -0.136. The van der Waals surface area contributed by atoms with Crippen LogP contribution in [0.25, 0.3) is 17.2 Å². The fourth-order valence-electron chi connectivity index (χ4n) is 4.48. The summed E-state index contributed by atoms with van der Waals surface area (Å²) >= 11 is 0. The van der Waals surface area contributed by atoms with Crippen LogP contribution in [-0.4, -0.2) is 46.6 Å². The molecule has 0 spiro atoms. The minimum atomic E-state index is -0.292. The van der Waals surface area contributed by atoms with E-state index in [0.29, 0.717) is 38.3 Å². The molecule has 1 heterocycles. The molecule has 3 aromatic rings. The van der Waals surface area contributed by atoms with Crippen LogP contribution in [0.15, 0.2) is 72.3 Å². The fraction of sp³-hybridized carbons (Fsp3) is 0.323. The van der Waals surface area contributed by atoms with E-state index in [1.54, 1.807) is 7.11 Å². The average Bonchev–Trinajstić information content (AvgIpc) is 3.12. The highest BCUT2D eigenvalue weighted by atomic mass is 16.5. The van der Waals surface area contributed by atoms with E-state index in [9.17, 15) is 4.79 Å². The molecule has 0 atom stereocenters. The molecule has 6 nitrogen and oxygen atoms in total. The van der Waals surface area contributed by atoms with Crippen LogP contribution in [0, 0.1) is 0 Å². The summed E-state index contributed by atoms with van der Waals surface area (Å²) in [6.45, 7) is 5.32. The SMILES string of the molecule is CCCOCCOc1ccc(-c2ccc3c(c2)C=C(C(=O)OC)CCN3Cc2ccccc2OC)cc1. The highest BCUT2D eigenvalue weighted by molar-refractivity contribution is 5.96. The number of nitrogens with zero attached hydrogens (tertiary/aromatic N) is 1. The summed E-state index contributed by atoms with van der Waals surface area (Å²) in [4.78, 5) is 14.8. The molecule has 1 aliphatic heterocycles. The van der Waals surface area contributed by atoms with Gasteiger partial charge in [-0.2, -0.15) is 0 Å². The minimum Gasteiger partial charge on any atom is -0.496 e. The molecule has 0 aliphatic carbocycles. The van der Waals surface area contributed by atoms with Crippen molar-refractivity contribution in [3.05, 3.63) is 83.4 Å². The smallest absolute Gasteiger partial charge is 0.333 e. The van der Waals surface area contributed by atoms with Gasteiger partial charge in [0.05, 0.1) is 20.8 Å². The van der Waals surface area contributed by atoms with Gasteiger partial charge in [0.2, 0.25) is 0 Å². The molecule has 37 heavy (non-hydrogen) atoms. The van der Waals surface area contributed by atoms with E-state index in [0.717, 1.165) is 52.5 Å². The Morgan fingerprint density at radius 3 is 2.46 bits per heavy atom. The standard InChI is InChI=1S/C31H35NO5/c1-4-17-36-18-19-37-28-12-9-23(10-13-28)24-11-14-29-27(20-24)21-25(31(33)35-3)15-16-32(29)22-26-7-5-6-8-30(26)34-2/h5-14,20-21H,4,15-19,22H2,1-3H3. The predicted octanol–water partition coefficient (Wildman–Crippen LogP) is 6.13. The summed E-state index contributed by atoms with van der Waals surface area (Å²) < 4.78 is 21.9. The van der Waals surface area contributed by atoms with Gasteiger partial charge < -0.3 is 23.8 Å². The first-order chi connectivity index (χ1) is 18.1. The lowest BCUT2D eigenvalue weighted by Crippen LogP contribution is -2.24. The first-order valence-corrected chi connectivity index (χ1v) is 12.7. The highest BCUT2D eigenvalue weighted by Gasteiger charge is 2.21. The topological polar surface area (TPSA) is 57.2 Å². The van der Waals surface area contributed by atoms with Crippen molar-refractivity contribution in [3.63, 3.8) is 0 Å². The van der Waals surface area contributed by atoms with E-state index in [4.69, 9.17) is 18.9 Å². The van der Waals surface area contributed by atoms with Crippen molar-refractivity contribution < 1.29 is 23.7 Å². The van der Waals surface area contributed by atoms with Gasteiger partial charge in [0.15, 0.2) is 0 Å². The van der Waals surface area contributed by atoms with Gasteiger partial charge in [0.1, 0.15) is 18.1 Å². The Morgan fingerprint density at radius 1 is 0.919 bits per heavy atom. The van der Waals surface area contributed by atoms with Crippen LogP contribution in [0.5, 0.6) is 11.5 Å². The molecule has 1 aliphatic rings. The maximum atomic E-state index is 12.5. The van der Waals surface area contributed by atoms with Crippen molar-refractivity contribution in [2.75, 3.05) is 45.5 Å². The van der Waals surface area contributed by atoms with Crippen molar-refractivity contribution in [1.29, 1.82) is 0 Å². The normalized spacial score (nSPS) is 12.8. The predicted molar refractivity (Wildman–Crippen MR) is 147 cm³/mol. The van der Waals surface area contributed by atoms with Gasteiger partial charge in [-0.05, 0) is 65.9 Å². The molecule has 0 fully saturated rings. The van der Waals surface area contributed by atoms with Crippen LogP contribution < -0.4 is 14.4 Å². The van der Waals surface area contributed by atoms with E-state index in [-0.39, 0.29) is 5.97 Å². The molecule has 3 aromatic carbocycles. The summed E-state index contributed by atoms with van der Waals surface area (Å²) in [5.74, 6) is 1.37. The van der Waals surface area contributed by atoms with E-state index in [1.165, 1.54) is 7.11 Å². The van der Waals surface area contributed by atoms with Crippen LogP contribution in [0.3, 0.4) is 0 Å². The Hall–Kier alpha value is -3.77. The highest BCUT2D eigenvalue weighted by Crippen LogP contribution is 2.35. The molecule has 4 rings (SSSR count). The number of carbonyl (C=O) groups excluding carboxylic acids is 1. The quantitative estimate of drug-likeness (QED) is 0.233. The zero-order chi connectivity index (χ0) is 26.0. The molecule has 0 N–H and O–H groups in total. The van der Waals surface area contributed by atoms with Gasteiger partial charge in [-0.25, -0.2) is 4.79 Å². The number of fused-ring (bicyclic) bond motifs is 1. The summed E-state index contributed by atoms with van der Waals surface area (Å²) in [5, 5.41) is 0. The van der Waals surface area contributed by atoms with Gasteiger partial charge in [-0.1, -0.05) is 43.3 Å². The molecule has 6 heteroatoms. The molecular weight excluding hydrogens is 466 g/mol. The second-order valence-electron chi connectivity index (χ2n) is 8.90. The maximum Gasteiger partial charge on any atom is 0.333 e. The van der Waals surface area contributed by atoms with Gasteiger partial charge in [0.25, 0.3) is 0 Å². The number of esters is 1. The Kier molecular flexibility index (Phi) is 9.22. The Bertz CT molecular complexity index is 1220. The van der Waals surface area contributed by atoms with Gasteiger partial charge >= 0.3 is 5.97 Å². The van der Waals surface area contributed by atoms with Crippen LogP contribution in [0.2, 0.25) is 0 Å². The lowest BCUT2D eigenvalue weighted by Gasteiger charge is -2.26. The third kappa shape index (κ3) is 6.71. The third-order valence-corrected chi connectivity index (χ3v) is 6.38. The Morgan fingerprint density at radius 2 is 1.70 bits per heavy atom. The van der Waals surface area contributed by atoms with Crippen molar-refractivity contribution in [1.82, 2.24) is 0 Å². The lowest BCUT2D eigenvalue weighted by atomic mass is 10.00. The summed E-state index contributed by atoms with van der Waals surface area (Å²) in [6, 6.07) is 22.5. The van der Waals surface area contributed by atoms with Crippen molar-refractivity contribution >= 4 is 17.7 Å². The van der Waals surface area contributed by atoms with Crippen molar-refractivity contribution in [2.24, 2.45) is 0 Å². The Labute approximate surface area is 219 Å². The number of benzene rings is 3.